The Morgan fingerprint density at radius 1 is 1.09 bits per heavy atom. The highest BCUT2D eigenvalue weighted by Gasteiger charge is 2.59. The van der Waals surface area contributed by atoms with E-state index in [1.807, 2.05) is 0 Å². The van der Waals surface area contributed by atoms with Crippen LogP contribution >= 0.6 is 0 Å². The minimum absolute atomic E-state index is 0.0943. The average molecular weight is 481 g/mol. The summed E-state index contributed by atoms with van der Waals surface area (Å²) in [4.78, 5) is 11.5. The Bertz CT molecular complexity index is 887. The maximum Gasteiger partial charge on any atom is 0.302 e. The highest BCUT2D eigenvalue weighted by Crippen LogP contribution is 2.67. The monoisotopic (exact) mass is 480 g/mol. The summed E-state index contributed by atoms with van der Waals surface area (Å²) in [6.07, 6.45) is 17.6. The van der Waals surface area contributed by atoms with Crippen LogP contribution in [0.15, 0.2) is 36.0 Å². The van der Waals surface area contributed by atoms with Gasteiger partial charge < -0.3 is 4.74 Å². The normalized spacial score (nSPS) is 40.8. The Hall–Kier alpha value is -1.31. The number of esters is 1. The van der Waals surface area contributed by atoms with Crippen molar-refractivity contribution < 1.29 is 9.53 Å². The third kappa shape index (κ3) is 4.85. The van der Waals surface area contributed by atoms with E-state index in [-0.39, 0.29) is 17.5 Å². The van der Waals surface area contributed by atoms with Gasteiger partial charge in [0.15, 0.2) is 0 Å². The first kappa shape index (κ1) is 26.7. The lowest BCUT2D eigenvalue weighted by atomic mass is 9.47. The number of rotatable bonds is 5. The summed E-state index contributed by atoms with van der Waals surface area (Å²) in [7, 11) is 0. The zero-order chi connectivity index (χ0) is 25.8. The number of carbonyl (C=O) groups excluding carboxylic acids is 1. The summed E-state index contributed by atoms with van der Waals surface area (Å²) >= 11 is 0. The van der Waals surface area contributed by atoms with Crippen LogP contribution in [0.5, 0.6) is 0 Å². The van der Waals surface area contributed by atoms with E-state index in [0.717, 1.165) is 36.5 Å². The summed E-state index contributed by atoms with van der Waals surface area (Å²) in [5, 5.41) is 0. The second-order valence-electron chi connectivity index (χ2n) is 14.4. The van der Waals surface area contributed by atoms with Gasteiger partial charge in [0, 0.05) is 19.3 Å². The van der Waals surface area contributed by atoms with Crippen molar-refractivity contribution in [3.05, 3.63) is 36.0 Å². The molecule has 0 N–H and O–H groups in total. The van der Waals surface area contributed by atoms with Gasteiger partial charge in [-0.25, -0.2) is 0 Å². The lowest BCUT2D eigenvalue weighted by molar-refractivity contribution is -0.148. The largest absolute Gasteiger partial charge is 0.462 e. The van der Waals surface area contributed by atoms with Crippen LogP contribution in [0.1, 0.15) is 107 Å². The minimum atomic E-state index is -0.126. The maximum absolute atomic E-state index is 11.5. The molecular formula is C33H52O2. The Morgan fingerprint density at radius 3 is 2.43 bits per heavy atom. The predicted molar refractivity (Wildman–Crippen MR) is 147 cm³/mol. The molecule has 2 nitrogen and oxygen atoms in total. The molecule has 0 heterocycles. The van der Waals surface area contributed by atoms with Crippen LogP contribution in [0.3, 0.4) is 0 Å². The third-order valence-electron chi connectivity index (χ3n) is 11.2. The number of hydrogen-bond acceptors (Lipinski definition) is 2. The molecule has 2 heteroatoms. The molecule has 3 saturated carbocycles. The molecule has 4 aliphatic rings. The lowest BCUT2D eigenvalue weighted by Gasteiger charge is -2.58. The molecule has 0 amide bonds. The van der Waals surface area contributed by atoms with E-state index < -0.39 is 0 Å². The fraction of sp³-hybridized carbons (Fsp3) is 0.788. The summed E-state index contributed by atoms with van der Waals surface area (Å²) in [5.74, 6) is 4.20. The topological polar surface area (TPSA) is 26.3 Å². The maximum atomic E-state index is 11.5. The van der Waals surface area contributed by atoms with E-state index in [1.165, 1.54) is 44.1 Å². The molecule has 0 bridgehead atoms. The molecule has 4 rings (SSSR count). The summed E-state index contributed by atoms with van der Waals surface area (Å²) < 4.78 is 5.63. The third-order valence-corrected chi connectivity index (χ3v) is 11.2. The van der Waals surface area contributed by atoms with Crippen molar-refractivity contribution in [1.82, 2.24) is 0 Å². The Kier molecular flexibility index (Phi) is 7.28. The molecule has 0 aliphatic heterocycles. The lowest BCUT2D eigenvalue weighted by Crippen LogP contribution is -2.51. The predicted octanol–water partition coefficient (Wildman–Crippen LogP) is 8.93. The van der Waals surface area contributed by atoms with Gasteiger partial charge in [0.05, 0.1) is 0 Å². The first-order valence-electron chi connectivity index (χ1n) is 14.5. The second-order valence-corrected chi connectivity index (χ2v) is 14.4. The quantitative estimate of drug-likeness (QED) is 0.290. The van der Waals surface area contributed by atoms with Crippen molar-refractivity contribution in [3.8, 4) is 0 Å². The first-order valence-corrected chi connectivity index (χ1v) is 14.5. The molecular weight excluding hydrogens is 428 g/mol. The van der Waals surface area contributed by atoms with Crippen molar-refractivity contribution in [3.63, 3.8) is 0 Å². The van der Waals surface area contributed by atoms with Crippen LogP contribution in [-0.2, 0) is 9.53 Å². The molecule has 0 aromatic carbocycles. The number of carbonyl (C=O) groups is 1. The summed E-state index contributed by atoms with van der Waals surface area (Å²) in [6.45, 7) is 22.7. The minimum Gasteiger partial charge on any atom is -0.462 e. The fourth-order valence-corrected chi connectivity index (χ4v) is 9.48. The van der Waals surface area contributed by atoms with E-state index in [4.69, 9.17) is 4.74 Å². The number of hydrogen-bond donors (Lipinski definition) is 0. The van der Waals surface area contributed by atoms with Crippen molar-refractivity contribution in [2.45, 2.75) is 113 Å². The van der Waals surface area contributed by atoms with Gasteiger partial charge >= 0.3 is 5.97 Å². The van der Waals surface area contributed by atoms with Crippen molar-refractivity contribution in [2.24, 2.45) is 51.8 Å². The first-order chi connectivity index (χ1) is 16.3. The highest BCUT2D eigenvalue weighted by atomic mass is 16.5. The highest BCUT2D eigenvalue weighted by molar-refractivity contribution is 5.66. The van der Waals surface area contributed by atoms with Crippen LogP contribution in [0.2, 0.25) is 0 Å². The van der Waals surface area contributed by atoms with E-state index in [0.29, 0.717) is 22.7 Å². The van der Waals surface area contributed by atoms with E-state index >= 15 is 0 Å². The smallest absolute Gasteiger partial charge is 0.302 e. The van der Waals surface area contributed by atoms with Gasteiger partial charge in [0.25, 0.3) is 0 Å². The number of fused-ring (bicyclic) bond motifs is 5. The number of allylic oxidation sites excluding steroid dienone is 4. The molecule has 196 valence electrons. The van der Waals surface area contributed by atoms with Crippen LogP contribution < -0.4 is 0 Å². The van der Waals surface area contributed by atoms with Crippen LogP contribution in [0.25, 0.3) is 0 Å². The van der Waals surface area contributed by atoms with Crippen molar-refractivity contribution in [2.75, 3.05) is 0 Å². The van der Waals surface area contributed by atoms with Crippen molar-refractivity contribution >= 4 is 5.97 Å². The summed E-state index contributed by atoms with van der Waals surface area (Å²) in [5.41, 5.74) is 3.86. The van der Waals surface area contributed by atoms with Gasteiger partial charge in [-0.2, -0.15) is 0 Å². The van der Waals surface area contributed by atoms with Crippen LogP contribution in [0.4, 0.5) is 0 Å². The Labute approximate surface area is 216 Å². The zero-order valence-electron chi connectivity index (χ0n) is 24.0. The van der Waals surface area contributed by atoms with E-state index in [2.05, 4.69) is 73.3 Å². The molecule has 3 fully saturated rings. The van der Waals surface area contributed by atoms with Crippen LogP contribution in [-0.4, -0.2) is 12.1 Å². The van der Waals surface area contributed by atoms with E-state index in [9.17, 15) is 4.79 Å². The number of ether oxygens (including phenoxy) is 1. The Morgan fingerprint density at radius 2 is 1.80 bits per heavy atom. The molecule has 4 aliphatic carbocycles. The van der Waals surface area contributed by atoms with Gasteiger partial charge in [0.1, 0.15) is 6.10 Å². The molecule has 9 atom stereocenters. The summed E-state index contributed by atoms with van der Waals surface area (Å²) in [6, 6.07) is 0. The van der Waals surface area contributed by atoms with Crippen LogP contribution in [0, 0.1) is 51.8 Å². The SMILES string of the molecule is C=C(C)C(C=CC(C)C1CCC2C3CC=C4CC(OC(C)=O)CCC4(C)C3CCC12C)C(C)(C)C. The average Bonchev–Trinajstić information content (AvgIpc) is 3.09. The molecule has 9 unspecified atom stereocenters. The molecule has 35 heavy (non-hydrogen) atoms. The van der Waals surface area contributed by atoms with Gasteiger partial charge in [-0.05, 0) is 97.7 Å². The molecule has 0 saturated heterocycles. The van der Waals surface area contributed by atoms with E-state index in [1.54, 1.807) is 12.5 Å². The van der Waals surface area contributed by atoms with Crippen molar-refractivity contribution in [1.29, 1.82) is 0 Å². The molecule has 0 spiro atoms. The van der Waals surface area contributed by atoms with Gasteiger partial charge in [-0.15, -0.1) is 0 Å². The second kappa shape index (κ2) is 9.53. The molecule has 0 aromatic heterocycles. The van der Waals surface area contributed by atoms with Gasteiger partial charge in [0.2, 0.25) is 0 Å². The standard InChI is InChI=1S/C33H52O2/c1-21(2)27(31(5,6)7)13-10-22(3)28-14-15-29-26-12-11-24-20-25(35-23(4)34)16-18-32(24,8)30(26)17-19-33(28,29)9/h10-11,13,22,25-30H,1,12,14-20H2,2-9H3. The molecule has 0 radical (unpaired) electrons. The zero-order valence-corrected chi connectivity index (χ0v) is 24.0. The van der Waals surface area contributed by atoms with Gasteiger partial charge in [-0.1, -0.05) is 77.5 Å². The molecule has 0 aromatic rings. The Balaban J connectivity index is 1.50. The van der Waals surface area contributed by atoms with Gasteiger partial charge in [-0.3, -0.25) is 4.79 Å². The fourth-order valence-electron chi connectivity index (χ4n) is 9.48.